The van der Waals surface area contributed by atoms with Crippen LogP contribution in [0.4, 0.5) is 0 Å². The molecule has 0 spiro atoms. The van der Waals surface area contributed by atoms with E-state index in [-0.39, 0.29) is 0 Å². The van der Waals surface area contributed by atoms with Crippen molar-refractivity contribution in [2.24, 2.45) is 5.73 Å². The third-order valence-corrected chi connectivity index (χ3v) is 2.04. The average Bonchev–Trinajstić information content (AvgIpc) is 2.01. The van der Waals surface area contributed by atoms with Gasteiger partial charge in [-0.15, -0.1) is 0 Å². The molecule has 1 aromatic heterocycles. The van der Waals surface area contributed by atoms with E-state index >= 15 is 0 Å². The first-order valence-electron chi connectivity index (χ1n) is 4.47. The van der Waals surface area contributed by atoms with Crippen LogP contribution < -0.4 is 10.5 Å². The molecule has 1 aromatic rings. The van der Waals surface area contributed by atoms with Gasteiger partial charge in [0.05, 0.1) is 12.2 Å². The fourth-order valence-electron chi connectivity index (χ4n) is 1.34. The van der Waals surface area contributed by atoms with Crippen molar-refractivity contribution < 1.29 is 4.74 Å². The number of hydrogen-bond acceptors (Lipinski definition) is 3. The van der Waals surface area contributed by atoms with Crippen LogP contribution in [-0.2, 0) is 0 Å². The zero-order valence-electron chi connectivity index (χ0n) is 8.63. The van der Waals surface area contributed by atoms with E-state index in [1.54, 1.807) is 0 Å². The zero-order valence-corrected chi connectivity index (χ0v) is 9.44. The third-order valence-electron chi connectivity index (χ3n) is 1.84. The summed E-state index contributed by atoms with van der Waals surface area (Å²) in [5.74, 6) is 0.539. The van der Waals surface area contributed by atoms with E-state index in [0.717, 1.165) is 16.8 Å². The number of nitrogens with two attached hydrogens (primary N) is 1. The van der Waals surface area contributed by atoms with Crippen LogP contribution in [0.3, 0.4) is 0 Å². The second kappa shape index (κ2) is 4.37. The predicted octanol–water partition coefficient (Wildman–Crippen LogP) is 1.73. The van der Waals surface area contributed by atoms with E-state index in [1.165, 1.54) is 0 Å². The molecule has 0 saturated carbocycles. The Balaban J connectivity index is 3.28. The molecule has 0 fully saturated rings. The van der Waals surface area contributed by atoms with E-state index < -0.39 is 0 Å². The summed E-state index contributed by atoms with van der Waals surface area (Å²) < 4.78 is 5.38. The first kappa shape index (κ1) is 10.9. The van der Waals surface area contributed by atoms with Crippen molar-refractivity contribution in [2.45, 2.75) is 20.8 Å². The van der Waals surface area contributed by atoms with Gasteiger partial charge < -0.3 is 10.5 Å². The number of pyridine rings is 1. The van der Waals surface area contributed by atoms with Gasteiger partial charge >= 0.3 is 0 Å². The third kappa shape index (κ3) is 2.20. The molecule has 0 bridgehead atoms. The Hall–Kier alpha value is -1.16. The summed E-state index contributed by atoms with van der Waals surface area (Å²) in [5.41, 5.74) is 8.27. The lowest BCUT2D eigenvalue weighted by molar-refractivity contribution is 0.325. The van der Waals surface area contributed by atoms with E-state index in [2.05, 4.69) is 4.98 Å². The van der Waals surface area contributed by atoms with Gasteiger partial charge in [-0.25, -0.2) is 4.98 Å². The second-order valence-corrected chi connectivity index (χ2v) is 3.50. The minimum absolute atomic E-state index is 0.332. The standard InChI is InChI=1S/C10H14N2OS/c1-4-13-10-8(9(11)14)6(2)5-7(3)12-10/h5H,4H2,1-3H3,(H2,11,14). The lowest BCUT2D eigenvalue weighted by Gasteiger charge is -2.11. The normalized spacial score (nSPS) is 9.93. The average molecular weight is 210 g/mol. The fourth-order valence-corrected chi connectivity index (χ4v) is 1.59. The molecule has 14 heavy (non-hydrogen) atoms. The van der Waals surface area contributed by atoms with Crippen molar-refractivity contribution in [2.75, 3.05) is 6.61 Å². The lowest BCUT2D eigenvalue weighted by Crippen LogP contribution is -2.15. The van der Waals surface area contributed by atoms with E-state index in [4.69, 9.17) is 22.7 Å². The topological polar surface area (TPSA) is 48.1 Å². The van der Waals surface area contributed by atoms with Crippen molar-refractivity contribution in [3.05, 3.63) is 22.9 Å². The number of ether oxygens (including phenoxy) is 1. The number of aryl methyl sites for hydroxylation is 2. The van der Waals surface area contributed by atoms with Crippen LogP contribution in [0.2, 0.25) is 0 Å². The maximum atomic E-state index is 5.61. The quantitative estimate of drug-likeness (QED) is 0.772. The first-order valence-corrected chi connectivity index (χ1v) is 4.88. The Bertz CT molecular complexity index is 363. The summed E-state index contributed by atoms with van der Waals surface area (Å²) >= 11 is 4.95. The molecular formula is C10H14N2OS. The van der Waals surface area contributed by atoms with Gasteiger partial charge in [0.2, 0.25) is 5.88 Å². The number of aromatic nitrogens is 1. The molecule has 0 saturated heterocycles. The summed E-state index contributed by atoms with van der Waals surface area (Å²) in [4.78, 5) is 4.59. The maximum Gasteiger partial charge on any atom is 0.224 e. The van der Waals surface area contributed by atoms with Crippen LogP contribution in [0.25, 0.3) is 0 Å². The minimum Gasteiger partial charge on any atom is -0.477 e. The second-order valence-electron chi connectivity index (χ2n) is 3.06. The van der Waals surface area contributed by atoms with Crippen molar-refractivity contribution in [3.63, 3.8) is 0 Å². The van der Waals surface area contributed by atoms with Gasteiger partial charge in [-0.3, -0.25) is 0 Å². The van der Waals surface area contributed by atoms with Crippen molar-refractivity contribution in [1.82, 2.24) is 4.98 Å². The SMILES string of the molecule is CCOc1nc(C)cc(C)c1C(N)=S. The molecule has 2 N–H and O–H groups in total. The predicted molar refractivity (Wildman–Crippen MR) is 60.8 cm³/mol. The Morgan fingerprint density at radius 3 is 2.71 bits per heavy atom. The van der Waals surface area contributed by atoms with Gasteiger partial charge in [-0.1, -0.05) is 12.2 Å². The molecular weight excluding hydrogens is 196 g/mol. The van der Waals surface area contributed by atoms with Gasteiger partial charge in [-0.05, 0) is 32.4 Å². The van der Waals surface area contributed by atoms with E-state index in [9.17, 15) is 0 Å². The fraction of sp³-hybridized carbons (Fsp3) is 0.400. The Kier molecular flexibility index (Phi) is 3.41. The van der Waals surface area contributed by atoms with E-state index in [1.807, 2.05) is 26.8 Å². The van der Waals surface area contributed by atoms with Crippen LogP contribution in [0.15, 0.2) is 6.07 Å². The van der Waals surface area contributed by atoms with Gasteiger partial charge in [-0.2, -0.15) is 0 Å². The molecule has 0 amide bonds. The summed E-state index contributed by atoms with van der Waals surface area (Å²) in [6.45, 7) is 6.33. The highest BCUT2D eigenvalue weighted by Crippen LogP contribution is 2.20. The van der Waals surface area contributed by atoms with Crippen LogP contribution in [0.5, 0.6) is 5.88 Å². The highest BCUT2D eigenvalue weighted by molar-refractivity contribution is 7.80. The van der Waals surface area contributed by atoms with Crippen molar-refractivity contribution >= 4 is 17.2 Å². The smallest absolute Gasteiger partial charge is 0.224 e. The minimum atomic E-state index is 0.332. The number of rotatable bonds is 3. The van der Waals surface area contributed by atoms with Crippen molar-refractivity contribution in [1.29, 1.82) is 0 Å². The van der Waals surface area contributed by atoms with Gasteiger partial charge in [0.1, 0.15) is 4.99 Å². The van der Waals surface area contributed by atoms with Crippen LogP contribution in [-0.4, -0.2) is 16.6 Å². The molecule has 76 valence electrons. The first-order chi connectivity index (χ1) is 6.56. The van der Waals surface area contributed by atoms with Gasteiger partial charge in [0, 0.05) is 5.69 Å². The Morgan fingerprint density at radius 2 is 2.21 bits per heavy atom. The van der Waals surface area contributed by atoms with Crippen molar-refractivity contribution in [3.8, 4) is 5.88 Å². The Labute approximate surface area is 89.3 Å². The number of hydrogen-bond donors (Lipinski definition) is 1. The maximum absolute atomic E-state index is 5.61. The number of nitrogens with zero attached hydrogens (tertiary/aromatic N) is 1. The summed E-state index contributed by atoms with van der Waals surface area (Å²) in [6.07, 6.45) is 0. The lowest BCUT2D eigenvalue weighted by atomic mass is 10.1. The molecule has 1 heterocycles. The molecule has 0 aliphatic heterocycles. The zero-order chi connectivity index (χ0) is 10.7. The summed E-state index contributed by atoms with van der Waals surface area (Å²) in [7, 11) is 0. The molecule has 0 radical (unpaired) electrons. The summed E-state index contributed by atoms with van der Waals surface area (Å²) in [6, 6.07) is 1.94. The van der Waals surface area contributed by atoms with E-state index in [0.29, 0.717) is 17.5 Å². The molecule has 0 aliphatic carbocycles. The largest absolute Gasteiger partial charge is 0.477 e. The monoisotopic (exact) mass is 210 g/mol. The van der Waals surface area contributed by atoms with Crippen LogP contribution in [0, 0.1) is 13.8 Å². The summed E-state index contributed by atoms with van der Waals surface area (Å²) in [5, 5.41) is 0. The molecule has 0 aliphatic rings. The molecule has 0 unspecified atom stereocenters. The van der Waals surface area contributed by atoms with Crippen LogP contribution >= 0.6 is 12.2 Å². The molecule has 0 aromatic carbocycles. The highest BCUT2D eigenvalue weighted by Gasteiger charge is 2.11. The molecule has 4 heteroatoms. The Morgan fingerprint density at radius 1 is 1.57 bits per heavy atom. The number of thiocarbonyl (C=S) groups is 1. The highest BCUT2D eigenvalue weighted by atomic mass is 32.1. The molecule has 3 nitrogen and oxygen atoms in total. The van der Waals surface area contributed by atoms with Gasteiger partial charge in [0.25, 0.3) is 0 Å². The molecule has 1 rings (SSSR count). The van der Waals surface area contributed by atoms with Gasteiger partial charge in [0.15, 0.2) is 0 Å². The van der Waals surface area contributed by atoms with Crippen LogP contribution in [0.1, 0.15) is 23.7 Å². The molecule has 0 atom stereocenters.